The van der Waals surface area contributed by atoms with Crippen molar-refractivity contribution in [1.82, 2.24) is 10.2 Å². The standard InChI is InChI=1S/C30H32Cl3N3O4S/c1-21(30(38)34-24-10-4-2-5-11-24)35(19-22-15-16-27(32)28(33)17-22)29(37)20-36(25-12-8-9-23(31)18-25)41(39,40)26-13-6-3-7-14-26/h3,6-9,12-18,21,24H,2,4-5,10-11,19-20H2,1H3,(H,34,38)/t21-/m0/s1. The van der Waals surface area contributed by atoms with Gasteiger partial charge in [0.15, 0.2) is 0 Å². The SMILES string of the molecule is C[C@@H](C(=O)NC1CCCCC1)N(Cc1ccc(Cl)c(Cl)c1)C(=O)CN(c1cccc(Cl)c1)S(=O)(=O)c1ccccc1. The quantitative estimate of drug-likeness (QED) is 0.268. The zero-order chi connectivity index (χ0) is 29.6. The van der Waals surface area contributed by atoms with Gasteiger partial charge in [-0.3, -0.25) is 13.9 Å². The van der Waals surface area contributed by atoms with Gasteiger partial charge in [0, 0.05) is 17.6 Å². The number of carbonyl (C=O) groups excluding carboxylic acids is 2. The van der Waals surface area contributed by atoms with Crippen molar-refractivity contribution in [3.63, 3.8) is 0 Å². The van der Waals surface area contributed by atoms with E-state index in [2.05, 4.69) is 5.32 Å². The lowest BCUT2D eigenvalue weighted by Crippen LogP contribution is -2.53. The molecule has 3 aromatic rings. The summed E-state index contributed by atoms with van der Waals surface area (Å²) >= 11 is 18.5. The first-order chi connectivity index (χ1) is 19.6. The molecule has 1 saturated carbocycles. The van der Waals surface area contributed by atoms with E-state index in [-0.39, 0.29) is 29.1 Å². The Morgan fingerprint density at radius 3 is 2.27 bits per heavy atom. The molecule has 0 radical (unpaired) electrons. The number of amides is 2. The minimum absolute atomic E-state index is 0.0176. The molecule has 4 rings (SSSR count). The predicted octanol–water partition coefficient (Wildman–Crippen LogP) is 6.71. The number of carbonyl (C=O) groups is 2. The highest BCUT2D eigenvalue weighted by atomic mass is 35.5. The Labute approximate surface area is 256 Å². The zero-order valence-corrected chi connectivity index (χ0v) is 25.7. The molecular formula is C30H32Cl3N3O4S. The van der Waals surface area contributed by atoms with E-state index in [9.17, 15) is 18.0 Å². The Morgan fingerprint density at radius 2 is 1.61 bits per heavy atom. The van der Waals surface area contributed by atoms with E-state index in [1.165, 1.54) is 23.1 Å². The lowest BCUT2D eigenvalue weighted by molar-refractivity contribution is -0.139. The van der Waals surface area contributed by atoms with Crippen LogP contribution in [-0.4, -0.2) is 43.8 Å². The number of nitrogens with zero attached hydrogens (tertiary/aromatic N) is 2. The highest BCUT2D eigenvalue weighted by Crippen LogP contribution is 2.28. The fraction of sp³-hybridized carbons (Fsp3) is 0.333. The summed E-state index contributed by atoms with van der Waals surface area (Å²) in [7, 11) is -4.17. The van der Waals surface area contributed by atoms with E-state index in [4.69, 9.17) is 34.8 Å². The second kappa shape index (κ2) is 13.9. The summed E-state index contributed by atoms with van der Waals surface area (Å²) in [5.41, 5.74) is 0.869. The van der Waals surface area contributed by atoms with Crippen molar-refractivity contribution in [3.8, 4) is 0 Å². The molecule has 1 aliphatic rings. The van der Waals surface area contributed by atoms with Gasteiger partial charge in [-0.2, -0.15) is 0 Å². The molecule has 3 aromatic carbocycles. The highest BCUT2D eigenvalue weighted by Gasteiger charge is 2.33. The van der Waals surface area contributed by atoms with Crippen molar-refractivity contribution in [2.75, 3.05) is 10.8 Å². The predicted molar refractivity (Wildman–Crippen MR) is 164 cm³/mol. The molecule has 218 valence electrons. The van der Waals surface area contributed by atoms with Crippen molar-refractivity contribution >= 4 is 62.3 Å². The van der Waals surface area contributed by atoms with Crippen LogP contribution in [0.15, 0.2) is 77.7 Å². The van der Waals surface area contributed by atoms with Crippen molar-refractivity contribution in [1.29, 1.82) is 0 Å². The summed E-state index contributed by atoms with van der Waals surface area (Å²) in [6.07, 6.45) is 4.99. The third-order valence-electron chi connectivity index (χ3n) is 7.16. The summed E-state index contributed by atoms with van der Waals surface area (Å²) in [5, 5.41) is 4.06. The molecule has 2 amide bonds. The molecule has 0 heterocycles. The number of halogens is 3. The first kappa shape index (κ1) is 31.2. The van der Waals surface area contributed by atoms with Crippen LogP contribution in [0.25, 0.3) is 0 Å². The first-order valence-corrected chi connectivity index (χ1v) is 16.0. The van der Waals surface area contributed by atoms with E-state index >= 15 is 0 Å². The van der Waals surface area contributed by atoms with Crippen molar-refractivity contribution in [2.24, 2.45) is 0 Å². The molecule has 1 fully saturated rings. The topological polar surface area (TPSA) is 86.8 Å². The second-order valence-corrected chi connectivity index (χ2v) is 13.2. The monoisotopic (exact) mass is 635 g/mol. The van der Waals surface area contributed by atoms with Crippen LogP contribution in [0, 0.1) is 0 Å². The maximum absolute atomic E-state index is 14.0. The van der Waals surface area contributed by atoms with Crippen LogP contribution in [0.1, 0.15) is 44.6 Å². The maximum atomic E-state index is 14.0. The van der Waals surface area contributed by atoms with Crippen molar-refractivity contribution < 1.29 is 18.0 Å². The average Bonchev–Trinajstić information content (AvgIpc) is 2.96. The molecule has 0 spiro atoms. The van der Waals surface area contributed by atoms with Crippen LogP contribution in [0.5, 0.6) is 0 Å². The molecule has 11 heteroatoms. The van der Waals surface area contributed by atoms with Gasteiger partial charge in [0.2, 0.25) is 11.8 Å². The number of anilines is 1. The molecule has 1 aliphatic carbocycles. The van der Waals surface area contributed by atoms with E-state index in [0.29, 0.717) is 20.6 Å². The fourth-order valence-corrected chi connectivity index (χ4v) is 6.80. The lowest BCUT2D eigenvalue weighted by Gasteiger charge is -2.33. The van der Waals surface area contributed by atoms with Crippen LogP contribution in [0.2, 0.25) is 15.1 Å². The molecule has 41 heavy (non-hydrogen) atoms. The molecule has 0 aliphatic heterocycles. The highest BCUT2D eigenvalue weighted by molar-refractivity contribution is 7.92. The van der Waals surface area contributed by atoms with Gasteiger partial charge in [0.05, 0.1) is 20.6 Å². The Morgan fingerprint density at radius 1 is 0.902 bits per heavy atom. The van der Waals surface area contributed by atoms with Gasteiger partial charge < -0.3 is 10.2 Å². The smallest absolute Gasteiger partial charge is 0.264 e. The van der Waals surface area contributed by atoms with Crippen molar-refractivity contribution in [2.45, 2.75) is 62.6 Å². The zero-order valence-electron chi connectivity index (χ0n) is 22.6. The van der Waals surface area contributed by atoms with Gasteiger partial charge >= 0.3 is 0 Å². The third-order valence-corrected chi connectivity index (χ3v) is 9.92. The van der Waals surface area contributed by atoms with Gasteiger partial charge in [-0.05, 0) is 67.8 Å². The molecule has 0 saturated heterocycles. The fourth-order valence-electron chi connectivity index (χ4n) is 4.87. The van der Waals surface area contributed by atoms with Crippen LogP contribution >= 0.6 is 34.8 Å². The average molecular weight is 637 g/mol. The van der Waals surface area contributed by atoms with Gasteiger partial charge in [0.25, 0.3) is 10.0 Å². The van der Waals surface area contributed by atoms with Crippen LogP contribution in [0.4, 0.5) is 5.69 Å². The first-order valence-electron chi connectivity index (χ1n) is 13.4. The van der Waals surface area contributed by atoms with E-state index in [1.54, 1.807) is 61.5 Å². The van der Waals surface area contributed by atoms with Gasteiger partial charge in [0.1, 0.15) is 12.6 Å². The maximum Gasteiger partial charge on any atom is 0.264 e. The van der Waals surface area contributed by atoms with Crippen LogP contribution < -0.4 is 9.62 Å². The number of hydrogen-bond acceptors (Lipinski definition) is 4. The van der Waals surface area contributed by atoms with E-state index in [1.807, 2.05) is 0 Å². The van der Waals surface area contributed by atoms with E-state index in [0.717, 1.165) is 36.4 Å². The van der Waals surface area contributed by atoms with E-state index < -0.39 is 28.5 Å². The lowest BCUT2D eigenvalue weighted by atomic mass is 9.95. The Kier molecular flexibility index (Phi) is 10.6. The summed E-state index contributed by atoms with van der Waals surface area (Å²) in [6.45, 7) is 1.10. The molecule has 0 bridgehead atoms. The number of sulfonamides is 1. The van der Waals surface area contributed by atoms with Gasteiger partial charge in [-0.25, -0.2) is 8.42 Å². The number of benzene rings is 3. The largest absolute Gasteiger partial charge is 0.352 e. The summed E-state index contributed by atoms with van der Waals surface area (Å²) in [6, 6.07) is 18.3. The number of hydrogen-bond donors (Lipinski definition) is 1. The number of rotatable bonds is 10. The molecule has 0 aromatic heterocycles. The molecular weight excluding hydrogens is 605 g/mol. The van der Waals surface area contributed by atoms with Crippen LogP contribution in [-0.2, 0) is 26.2 Å². The summed E-state index contributed by atoms with van der Waals surface area (Å²) < 4.78 is 28.6. The Balaban J connectivity index is 1.68. The van der Waals surface area contributed by atoms with Gasteiger partial charge in [-0.15, -0.1) is 0 Å². The normalized spacial score (nSPS) is 14.7. The summed E-state index contributed by atoms with van der Waals surface area (Å²) in [5.74, 6) is -0.868. The Hall–Kier alpha value is -2.78. The molecule has 7 nitrogen and oxygen atoms in total. The van der Waals surface area contributed by atoms with Crippen molar-refractivity contribution in [3.05, 3.63) is 93.4 Å². The van der Waals surface area contributed by atoms with Gasteiger partial charge in [-0.1, -0.05) is 84.4 Å². The van der Waals surface area contributed by atoms with Crippen LogP contribution in [0.3, 0.4) is 0 Å². The number of nitrogens with one attached hydrogen (secondary N) is 1. The summed E-state index contributed by atoms with van der Waals surface area (Å²) in [4.78, 5) is 28.8. The second-order valence-electron chi connectivity index (χ2n) is 10.1. The third kappa shape index (κ3) is 7.95. The minimum Gasteiger partial charge on any atom is -0.352 e. The Bertz CT molecular complexity index is 1480. The molecule has 1 atom stereocenters. The molecule has 1 N–H and O–H groups in total. The minimum atomic E-state index is -4.17. The molecule has 0 unspecified atom stereocenters.